The summed E-state index contributed by atoms with van der Waals surface area (Å²) >= 11 is 0. The predicted octanol–water partition coefficient (Wildman–Crippen LogP) is 2.46. The third-order valence-electron chi connectivity index (χ3n) is 2.45. The molecular formula is C13H17NO. The van der Waals surface area contributed by atoms with Gasteiger partial charge in [-0.1, -0.05) is 31.4 Å². The van der Waals surface area contributed by atoms with Crippen LogP contribution in [0.3, 0.4) is 0 Å². The van der Waals surface area contributed by atoms with Crippen LogP contribution in [-0.2, 0) is 4.79 Å². The first-order valence-corrected chi connectivity index (χ1v) is 5.07. The van der Waals surface area contributed by atoms with Gasteiger partial charge in [-0.2, -0.15) is 0 Å². The molecule has 0 unspecified atom stereocenters. The van der Waals surface area contributed by atoms with Gasteiger partial charge in [0.2, 0.25) is 0 Å². The molecule has 0 aromatic carbocycles. The van der Waals surface area contributed by atoms with Crippen LogP contribution in [0.4, 0.5) is 0 Å². The molecule has 0 radical (unpaired) electrons. The predicted molar refractivity (Wildman–Crippen MR) is 63.4 cm³/mol. The van der Waals surface area contributed by atoms with Gasteiger partial charge in [0.1, 0.15) is 0 Å². The monoisotopic (exact) mass is 203 g/mol. The van der Waals surface area contributed by atoms with Crippen molar-refractivity contribution in [2.45, 2.75) is 19.9 Å². The Morgan fingerprint density at radius 2 is 2.07 bits per heavy atom. The number of carbonyl (C=O) groups excluding carboxylic acids is 1. The number of carbonyl (C=O) groups is 1. The summed E-state index contributed by atoms with van der Waals surface area (Å²) < 4.78 is 0. The molecular weight excluding hydrogens is 186 g/mol. The summed E-state index contributed by atoms with van der Waals surface area (Å²) in [6.45, 7) is 12.0. The highest BCUT2D eigenvalue weighted by Gasteiger charge is 2.28. The van der Waals surface area contributed by atoms with Crippen LogP contribution in [-0.4, -0.2) is 23.4 Å². The lowest BCUT2D eigenvalue weighted by Crippen LogP contribution is -2.33. The lowest BCUT2D eigenvalue weighted by molar-refractivity contribution is -0.126. The van der Waals surface area contributed by atoms with Gasteiger partial charge in [0.25, 0.3) is 5.91 Å². The van der Waals surface area contributed by atoms with Gasteiger partial charge in [-0.15, -0.1) is 0 Å². The minimum atomic E-state index is 0.0815. The van der Waals surface area contributed by atoms with Crippen LogP contribution in [0, 0.1) is 0 Å². The van der Waals surface area contributed by atoms with E-state index < -0.39 is 0 Å². The van der Waals surface area contributed by atoms with E-state index in [2.05, 4.69) is 13.2 Å². The van der Waals surface area contributed by atoms with Crippen molar-refractivity contribution in [3.8, 4) is 0 Å². The number of nitrogens with zero attached hydrogens (tertiary/aromatic N) is 1. The number of hydrogen-bond acceptors (Lipinski definition) is 1. The fourth-order valence-corrected chi connectivity index (χ4v) is 1.57. The normalized spacial score (nSPS) is 17.0. The van der Waals surface area contributed by atoms with Crippen molar-refractivity contribution in [2.75, 3.05) is 6.54 Å². The summed E-state index contributed by atoms with van der Waals surface area (Å²) in [6, 6.07) is 0.224. The van der Waals surface area contributed by atoms with E-state index in [4.69, 9.17) is 0 Å². The van der Waals surface area contributed by atoms with Gasteiger partial charge in [-0.05, 0) is 25.5 Å². The molecule has 2 heteroatoms. The molecule has 1 rings (SSSR count). The van der Waals surface area contributed by atoms with E-state index in [9.17, 15) is 4.79 Å². The summed E-state index contributed by atoms with van der Waals surface area (Å²) in [4.78, 5) is 13.8. The standard InChI is InChI=1S/C13H17NO/c1-5-7-8-12-11(6-2)9-14(10(3)4)13(12)15/h5-8,10H,1-2,9H2,3-4H3/b8-7-. The second-order valence-electron chi connectivity index (χ2n) is 3.76. The maximum absolute atomic E-state index is 12.0. The zero-order valence-electron chi connectivity index (χ0n) is 9.36. The fraction of sp³-hybridized carbons (Fsp3) is 0.308. The molecule has 0 aromatic rings. The number of allylic oxidation sites excluding steroid dienone is 2. The Kier molecular flexibility index (Phi) is 3.67. The first-order valence-electron chi connectivity index (χ1n) is 5.07. The molecule has 0 saturated heterocycles. The van der Waals surface area contributed by atoms with Crippen molar-refractivity contribution in [2.24, 2.45) is 0 Å². The molecule has 0 bridgehead atoms. The molecule has 1 aliphatic heterocycles. The Balaban J connectivity index is 2.99. The van der Waals surface area contributed by atoms with E-state index in [1.165, 1.54) is 0 Å². The van der Waals surface area contributed by atoms with Crippen LogP contribution >= 0.6 is 0 Å². The molecule has 1 amide bonds. The van der Waals surface area contributed by atoms with Gasteiger partial charge in [0.05, 0.1) is 0 Å². The molecule has 0 saturated carbocycles. The number of amides is 1. The highest BCUT2D eigenvalue weighted by Crippen LogP contribution is 2.22. The fourth-order valence-electron chi connectivity index (χ4n) is 1.57. The maximum Gasteiger partial charge on any atom is 0.254 e. The summed E-state index contributed by atoms with van der Waals surface area (Å²) in [5.74, 6) is 0.0815. The van der Waals surface area contributed by atoms with Gasteiger partial charge < -0.3 is 4.90 Å². The van der Waals surface area contributed by atoms with Crippen LogP contribution in [0.1, 0.15) is 13.8 Å². The van der Waals surface area contributed by atoms with E-state index in [-0.39, 0.29) is 11.9 Å². The van der Waals surface area contributed by atoms with Crippen molar-refractivity contribution >= 4 is 5.91 Å². The minimum Gasteiger partial charge on any atom is -0.332 e. The van der Waals surface area contributed by atoms with E-state index in [1.54, 1.807) is 24.3 Å². The lowest BCUT2D eigenvalue weighted by atomic mass is 10.1. The molecule has 15 heavy (non-hydrogen) atoms. The van der Waals surface area contributed by atoms with Crippen molar-refractivity contribution < 1.29 is 4.79 Å². The van der Waals surface area contributed by atoms with E-state index in [1.807, 2.05) is 18.7 Å². The minimum absolute atomic E-state index is 0.0815. The maximum atomic E-state index is 12.0. The average Bonchev–Trinajstić information content (AvgIpc) is 2.52. The molecule has 0 aromatic heterocycles. The number of rotatable bonds is 4. The molecule has 0 fully saturated rings. The Labute approximate surface area is 91.3 Å². The van der Waals surface area contributed by atoms with Crippen molar-refractivity contribution in [3.63, 3.8) is 0 Å². The summed E-state index contributed by atoms with van der Waals surface area (Å²) in [5, 5.41) is 0. The first kappa shape index (κ1) is 11.5. The zero-order chi connectivity index (χ0) is 11.4. The van der Waals surface area contributed by atoms with Crippen LogP contribution in [0.2, 0.25) is 0 Å². The van der Waals surface area contributed by atoms with Gasteiger partial charge in [0.15, 0.2) is 0 Å². The van der Waals surface area contributed by atoms with E-state index in [0.29, 0.717) is 6.54 Å². The van der Waals surface area contributed by atoms with Crippen molar-refractivity contribution in [1.29, 1.82) is 0 Å². The Bertz CT molecular complexity index is 348. The summed E-state index contributed by atoms with van der Waals surface area (Å²) in [7, 11) is 0. The van der Waals surface area contributed by atoms with Gasteiger partial charge in [0, 0.05) is 18.2 Å². The quantitative estimate of drug-likeness (QED) is 0.643. The van der Waals surface area contributed by atoms with Crippen LogP contribution in [0.25, 0.3) is 0 Å². The van der Waals surface area contributed by atoms with Crippen LogP contribution in [0.5, 0.6) is 0 Å². The molecule has 0 atom stereocenters. The molecule has 2 nitrogen and oxygen atoms in total. The Hall–Kier alpha value is -1.57. The largest absolute Gasteiger partial charge is 0.332 e. The highest BCUT2D eigenvalue weighted by molar-refractivity contribution is 6.00. The van der Waals surface area contributed by atoms with Crippen molar-refractivity contribution in [1.82, 2.24) is 4.90 Å². The van der Waals surface area contributed by atoms with Crippen LogP contribution in [0.15, 0.2) is 48.6 Å². The van der Waals surface area contributed by atoms with Gasteiger partial charge in [-0.3, -0.25) is 4.79 Å². The van der Waals surface area contributed by atoms with Gasteiger partial charge in [-0.25, -0.2) is 0 Å². The second kappa shape index (κ2) is 4.78. The third-order valence-corrected chi connectivity index (χ3v) is 2.45. The lowest BCUT2D eigenvalue weighted by Gasteiger charge is -2.20. The Morgan fingerprint density at radius 3 is 2.53 bits per heavy atom. The zero-order valence-corrected chi connectivity index (χ0v) is 9.36. The second-order valence-corrected chi connectivity index (χ2v) is 3.76. The molecule has 0 aliphatic carbocycles. The molecule has 0 spiro atoms. The Morgan fingerprint density at radius 1 is 1.40 bits per heavy atom. The summed E-state index contributed by atoms with van der Waals surface area (Å²) in [6.07, 6.45) is 7.00. The SMILES string of the molecule is C=C/C=C\C1=C(C=C)CN(C(C)C)C1=O. The van der Waals surface area contributed by atoms with Crippen LogP contribution < -0.4 is 0 Å². The third kappa shape index (κ3) is 2.27. The van der Waals surface area contributed by atoms with E-state index in [0.717, 1.165) is 11.1 Å². The molecule has 1 aliphatic rings. The average molecular weight is 203 g/mol. The summed E-state index contributed by atoms with van der Waals surface area (Å²) in [5.41, 5.74) is 1.73. The topological polar surface area (TPSA) is 20.3 Å². The first-order chi connectivity index (χ1) is 7.11. The smallest absolute Gasteiger partial charge is 0.254 e. The molecule has 1 heterocycles. The molecule has 0 N–H and O–H groups in total. The molecule has 80 valence electrons. The highest BCUT2D eigenvalue weighted by atomic mass is 16.2. The van der Waals surface area contributed by atoms with Gasteiger partial charge >= 0.3 is 0 Å². The van der Waals surface area contributed by atoms with E-state index >= 15 is 0 Å². The van der Waals surface area contributed by atoms with Crippen molar-refractivity contribution in [3.05, 3.63) is 48.6 Å². The number of hydrogen-bond donors (Lipinski definition) is 0.